The smallest absolute Gasteiger partial charge is 0.253 e. The van der Waals surface area contributed by atoms with E-state index in [9.17, 15) is 13.2 Å². The molecule has 3 N–H and O–H groups in total. The molecule has 2 fully saturated rings. The maximum absolute atomic E-state index is 12.8. The summed E-state index contributed by atoms with van der Waals surface area (Å²) >= 11 is 0. The summed E-state index contributed by atoms with van der Waals surface area (Å²) in [7, 11) is -3.61. The van der Waals surface area contributed by atoms with Crippen LogP contribution in [0, 0.1) is 5.92 Å². The molecule has 9 nitrogen and oxygen atoms in total. The molecule has 1 unspecified atom stereocenters. The Labute approximate surface area is 199 Å². The largest absolute Gasteiger partial charge is 0.375 e. The molecular weight excluding hydrogens is 454 g/mol. The van der Waals surface area contributed by atoms with Gasteiger partial charge in [-0.2, -0.15) is 0 Å². The highest BCUT2D eigenvalue weighted by Crippen LogP contribution is 2.36. The Bertz CT molecular complexity index is 1270. The summed E-state index contributed by atoms with van der Waals surface area (Å²) in [6.45, 7) is 3.16. The van der Waals surface area contributed by atoms with E-state index in [0.717, 1.165) is 43.6 Å². The number of nitrogens with zero attached hydrogens (tertiary/aromatic N) is 2. The van der Waals surface area contributed by atoms with Crippen molar-refractivity contribution in [3.05, 3.63) is 66.1 Å². The zero-order valence-electron chi connectivity index (χ0n) is 18.9. The van der Waals surface area contributed by atoms with Gasteiger partial charge < -0.3 is 19.8 Å². The Balaban J connectivity index is 1.13. The van der Waals surface area contributed by atoms with Crippen molar-refractivity contribution in [3.8, 4) is 0 Å². The maximum Gasteiger partial charge on any atom is 0.253 e. The number of aromatic nitrogens is 2. The number of fused-ring (bicyclic) bond motifs is 1. The lowest BCUT2D eigenvalue weighted by molar-refractivity contribution is -0.0196. The van der Waals surface area contributed by atoms with Crippen LogP contribution in [0.1, 0.15) is 35.2 Å². The van der Waals surface area contributed by atoms with Gasteiger partial charge in [0, 0.05) is 31.7 Å². The molecule has 5 rings (SSSR count). The number of hydrogen-bond donors (Lipinski definition) is 3. The van der Waals surface area contributed by atoms with Crippen LogP contribution in [-0.4, -0.2) is 55.6 Å². The molecule has 34 heavy (non-hydrogen) atoms. The quantitative estimate of drug-likeness (QED) is 0.471. The van der Waals surface area contributed by atoms with Crippen LogP contribution in [0.15, 0.2) is 59.9 Å². The Hall–Kier alpha value is -2.79. The summed E-state index contributed by atoms with van der Waals surface area (Å²) in [5.74, 6) is -0.0248. The van der Waals surface area contributed by atoms with Crippen LogP contribution in [0.3, 0.4) is 0 Å². The van der Waals surface area contributed by atoms with E-state index < -0.39 is 10.0 Å². The van der Waals surface area contributed by atoms with E-state index >= 15 is 0 Å². The SMILES string of the molecule is O=C(NCc1ccc(S(=O)(=O)NCC2COC3(CCNCC3)C2)cc1)c1ccc2nccn2c1. The number of carbonyl (C=O) groups excluding carboxylic acids is 1. The van der Waals surface area contributed by atoms with Crippen LogP contribution in [0.2, 0.25) is 0 Å². The minimum absolute atomic E-state index is 0.0854. The first-order valence-electron chi connectivity index (χ1n) is 11.6. The lowest BCUT2D eigenvalue weighted by Gasteiger charge is -2.33. The highest BCUT2D eigenvalue weighted by atomic mass is 32.2. The average Bonchev–Trinajstić information content (AvgIpc) is 3.48. The molecule has 0 saturated carbocycles. The molecule has 0 aliphatic carbocycles. The number of imidazole rings is 1. The lowest BCUT2D eigenvalue weighted by atomic mass is 9.86. The third-order valence-electron chi connectivity index (χ3n) is 6.70. The van der Waals surface area contributed by atoms with E-state index in [0.29, 0.717) is 25.3 Å². The molecule has 2 aliphatic heterocycles. The molecule has 0 bridgehead atoms. The summed E-state index contributed by atoms with van der Waals surface area (Å²) < 4.78 is 36.1. The van der Waals surface area contributed by atoms with E-state index in [1.807, 2.05) is 0 Å². The summed E-state index contributed by atoms with van der Waals surface area (Å²) in [6, 6.07) is 10.1. The minimum atomic E-state index is -3.61. The van der Waals surface area contributed by atoms with Crippen molar-refractivity contribution in [3.63, 3.8) is 0 Å². The number of amides is 1. The number of sulfonamides is 1. The summed E-state index contributed by atoms with van der Waals surface area (Å²) in [6.07, 6.45) is 8.03. The Morgan fingerprint density at radius 3 is 2.76 bits per heavy atom. The summed E-state index contributed by atoms with van der Waals surface area (Å²) in [4.78, 5) is 16.8. The molecule has 1 aromatic carbocycles. The van der Waals surface area contributed by atoms with Crippen molar-refractivity contribution >= 4 is 21.6 Å². The van der Waals surface area contributed by atoms with Gasteiger partial charge in [0.1, 0.15) is 5.65 Å². The van der Waals surface area contributed by atoms with E-state index in [4.69, 9.17) is 4.74 Å². The highest BCUT2D eigenvalue weighted by Gasteiger charge is 2.41. The molecule has 2 saturated heterocycles. The topological polar surface area (TPSA) is 114 Å². The van der Waals surface area contributed by atoms with Gasteiger partial charge in [0.2, 0.25) is 10.0 Å². The molecule has 1 atom stereocenters. The Morgan fingerprint density at radius 1 is 1.18 bits per heavy atom. The van der Waals surface area contributed by atoms with Crippen molar-refractivity contribution in [1.29, 1.82) is 0 Å². The predicted octanol–water partition coefficient (Wildman–Crippen LogP) is 1.70. The van der Waals surface area contributed by atoms with Crippen LogP contribution in [0.25, 0.3) is 5.65 Å². The first kappa shape index (κ1) is 23.0. The highest BCUT2D eigenvalue weighted by molar-refractivity contribution is 7.89. The Kier molecular flexibility index (Phi) is 6.39. The molecule has 1 amide bonds. The molecular formula is C24H29N5O4S. The summed E-state index contributed by atoms with van der Waals surface area (Å²) in [5, 5.41) is 6.21. The van der Waals surface area contributed by atoms with Gasteiger partial charge in [-0.1, -0.05) is 12.1 Å². The average molecular weight is 484 g/mol. The zero-order chi connectivity index (χ0) is 23.6. The van der Waals surface area contributed by atoms with E-state index in [1.165, 1.54) is 0 Å². The second kappa shape index (κ2) is 9.46. The van der Waals surface area contributed by atoms with Gasteiger partial charge in [-0.05, 0) is 68.1 Å². The third-order valence-corrected chi connectivity index (χ3v) is 8.14. The van der Waals surface area contributed by atoms with E-state index in [1.54, 1.807) is 59.4 Å². The molecule has 1 spiro atoms. The number of ether oxygens (including phenoxy) is 1. The normalized spacial score (nSPS) is 20.1. The van der Waals surface area contributed by atoms with Crippen LogP contribution in [-0.2, 0) is 21.3 Å². The van der Waals surface area contributed by atoms with E-state index in [2.05, 4.69) is 20.3 Å². The summed E-state index contributed by atoms with van der Waals surface area (Å²) in [5.41, 5.74) is 2.02. The molecule has 10 heteroatoms. The van der Waals surface area contributed by atoms with Crippen molar-refractivity contribution in [2.24, 2.45) is 5.92 Å². The van der Waals surface area contributed by atoms with Gasteiger partial charge in [0.15, 0.2) is 0 Å². The molecule has 4 heterocycles. The fraction of sp³-hybridized carbons (Fsp3) is 0.417. The van der Waals surface area contributed by atoms with Crippen LogP contribution >= 0.6 is 0 Å². The number of pyridine rings is 1. The van der Waals surface area contributed by atoms with Crippen LogP contribution < -0.4 is 15.4 Å². The number of hydrogen-bond acceptors (Lipinski definition) is 6. The Morgan fingerprint density at radius 2 is 1.97 bits per heavy atom. The lowest BCUT2D eigenvalue weighted by Crippen LogP contribution is -2.41. The van der Waals surface area contributed by atoms with Crippen molar-refractivity contribution in [2.45, 2.75) is 36.3 Å². The first-order valence-corrected chi connectivity index (χ1v) is 13.1. The van der Waals surface area contributed by atoms with Crippen molar-refractivity contribution < 1.29 is 17.9 Å². The standard InChI is InChI=1S/C24H29N5O4S/c30-23(20-3-6-22-26-11-12-29(22)16-20)27-14-18-1-4-21(5-2-18)34(31,32)28-15-19-13-24(33-17-19)7-9-25-10-8-24/h1-6,11-12,16,19,25,28H,7-10,13-15,17H2,(H,27,30). The zero-order valence-corrected chi connectivity index (χ0v) is 19.7. The molecule has 3 aromatic rings. The monoisotopic (exact) mass is 483 g/mol. The van der Waals surface area contributed by atoms with Gasteiger partial charge in [-0.3, -0.25) is 4.79 Å². The fourth-order valence-corrected chi connectivity index (χ4v) is 5.85. The van der Waals surface area contributed by atoms with Gasteiger partial charge in [-0.25, -0.2) is 18.1 Å². The number of nitrogens with one attached hydrogen (secondary N) is 3. The van der Waals surface area contributed by atoms with Gasteiger partial charge in [-0.15, -0.1) is 0 Å². The second-order valence-electron chi connectivity index (χ2n) is 9.10. The number of benzene rings is 1. The molecule has 180 valence electrons. The van der Waals surface area contributed by atoms with E-state index in [-0.39, 0.29) is 22.3 Å². The van der Waals surface area contributed by atoms with Gasteiger partial charge in [0.05, 0.1) is 22.7 Å². The molecule has 2 aliphatic rings. The first-order chi connectivity index (χ1) is 16.4. The van der Waals surface area contributed by atoms with Gasteiger partial charge >= 0.3 is 0 Å². The second-order valence-corrected chi connectivity index (χ2v) is 10.9. The fourth-order valence-electron chi connectivity index (χ4n) is 4.74. The van der Waals surface area contributed by atoms with Crippen molar-refractivity contribution in [1.82, 2.24) is 24.7 Å². The van der Waals surface area contributed by atoms with Crippen LogP contribution in [0.4, 0.5) is 0 Å². The number of rotatable bonds is 7. The third kappa shape index (κ3) is 5.00. The maximum atomic E-state index is 12.8. The predicted molar refractivity (Wildman–Crippen MR) is 127 cm³/mol. The van der Waals surface area contributed by atoms with Crippen molar-refractivity contribution in [2.75, 3.05) is 26.2 Å². The minimum Gasteiger partial charge on any atom is -0.375 e. The number of piperidine rings is 1. The van der Waals surface area contributed by atoms with Crippen LogP contribution in [0.5, 0.6) is 0 Å². The van der Waals surface area contributed by atoms with Gasteiger partial charge in [0.25, 0.3) is 5.91 Å². The molecule has 0 radical (unpaired) electrons. The number of carbonyl (C=O) groups is 1. The molecule has 2 aromatic heterocycles.